The molecule has 2 N–H and O–H groups in total. The summed E-state index contributed by atoms with van der Waals surface area (Å²) >= 11 is 6.08. The summed E-state index contributed by atoms with van der Waals surface area (Å²) in [6.07, 6.45) is 0. The number of carbonyl (C=O) groups is 1. The van der Waals surface area contributed by atoms with Gasteiger partial charge in [-0.3, -0.25) is 0 Å². The van der Waals surface area contributed by atoms with Crippen molar-refractivity contribution in [2.75, 3.05) is 0 Å². The van der Waals surface area contributed by atoms with Gasteiger partial charge in [0.1, 0.15) is 11.5 Å². The first-order valence-corrected chi connectivity index (χ1v) is 6.25. The summed E-state index contributed by atoms with van der Waals surface area (Å²) in [5.74, 6) is -1.46. The van der Waals surface area contributed by atoms with Gasteiger partial charge in [0.05, 0.1) is 10.5 Å². The topological polar surface area (TPSA) is 53.1 Å². The number of carboxylic acid groups (broad SMARTS) is 1. The Kier molecular flexibility index (Phi) is 2.95. The van der Waals surface area contributed by atoms with Crippen LogP contribution in [-0.4, -0.2) is 16.1 Å². The van der Waals surface area contributed by atoms with E-state index in [0.717, 1.165) is 0 Å². The van der Waals surface area contributed by atoms with E-state index in [9.17, 15) is 14.3 Å². The molecule has 0 saturated heterocycles. The molecule has 0 spiro atoms. The summed E-state index contributed by atoms with van der Waals surface area (Å²) in [5, 5.41) is 10.5. The third-order valence-electron chi connectivity index (χ3n) is 3.13. The van der Waals surface area contributed by atoms with Crippen molar-refractivity contribution in [1.29, 1.82) is 0 Å². The first kappa shape index (κ1) is 12.7. The van der Waals surface area contributed by atoms with Crippen LogP contribution in [0.4, 0.5) is 4.39 Å². The Morgan fingerprint density at radius 1 is 1.15 bits per heavy atom. The van der Waals surface area contributed by atoms with E-state index >= 15 is 0 Å². The van der Waals surface area contributed by atoms with Crippen molar-refractivity contribution in [2.24, 2.45) is 0 Å². The molecule has 3 aromatic rings. The third-order valence-corrected chi connectivity index (χ3v) is 3.44. The molecule has 0 aliphatic heterocycles. The lowest BCUT2D eigenvalue weighted by molar-refractivity contribution is 0.0692. The Labute approximate surface area is 118 Å². The number of carboxylic acids is 1. The molecule has 0 bridgehead atoms. The average molecular weight is 290 g/mol. The van der Waals surface area contributed by atoms with Crippen LogP contribution in [0, 0.1) is 5.82 Å². The van der Waals surface area contributed by atoms with Crippen LogP contribution in [0.3, 0.4) is 0 Å². The number of H-pyrrole nitrogens is 1. The average Bonchev–Trinajstić information content (AvgIpc) is 2.81. The minimum atomic E-state index is -1.09. The third kappa shape index (κ3) is 1.94. The zero-order valence-electron chi connectivity index (χ0n) is 10.2. The maximum atomic E-state index is 13.0. The predicted octanol–water partition coefficient (Wildman–Crippen LogP) is 4.33. The zero-order chi connectivity index (χ0) is 14.3. The summed E-state index contributed by atoms with van der Waals surface area (Å²) in [6.45, 7) is 0. The highest BCUT2D eigenvalue weighted by Gasteiger charge is 2.19. The molecule has 3 rings (SSSR count). The van der Waals surface area contributed by atoms with Gasteiger partial charge in [0.25, 0.3) is 0 Å². The summed E-state index contributed by atoms with van der Waals surface area (Å²) in [7, 11) is 0. The minimum absolute atomic E-state index is 0.0414. The molecule has 2 aromatic carbocycles. The van der Waals surface area contributed by atoms with Crippen LogP contribution >= 0.6 is 11.6 Å². The largest absolute Gasteiger partial charge is 0.477 e. The van der Waals surface area contributed by atoms with E-state index in [1.807, 2.05) is 0 Å². The molecule has 20 heavy (non-hydrogen) atoms. The molecule has 1 aromatic heterocycles. The van der Waals surface area contributed by atoms with E-state index in [4.69, 9.17) is 11.6 Å². The van der Waals surface area contributed by atoms with Crippen molar-refractivity contribution < 1.29 is 14.3 Å². The van der Waals surface area contributed by atoms with Gasteiger partial charge in [0, 0.05) is 10.9 Å². The molecule has 0 radical (unpaired) electrons. The number of rotatable bonds is 2. The van der Waals surface area contributed by atoms with Gasteiger partial charge in [-0.1, -0.05) is 35.9 Å². The fourth-order valence-corrected chi connectivity index (χ4v) is 2.48. The molecule has 3 nitrogen and oxygen atoms in total. The van der Waals surface area contributed by atoms with Gasteiger partial charge >= 0.3 is 5.97 Å². The Balaban J connectivity index is 2.37. The fourth-order valence-electron chi connectivity index (χ4n) is 2.26. The lowest BCUT2D eigenvalue weighted by Crippen LogP contribution is -1.98. The maximum Gasteiger partial charge on any atom is 0.352 e. The van der Waals surface area contributed by atoms with Gasteiger partial charge in [0.2, 0.25) is 0 Å². The van der Waals surface area contributed by atoms with E-state index in [0.29, 0.717) is 27.1 Å². The monoisotopic (exact) mass is 289 g/mol. The van der Waals surface area contributed by atoms with Crippen LogP contribution in [0.1, 0.15) is 10.5 Å². The van der Waals surface area contributed by atoms with Crippen molar-refractivity contribution >= 4 is 28.5 Å². The molecule has 0 unspecified atom stereocenters. The van der Waals surface area contributed by atoms with Crippen LogP contribution in [0.2, 0.25) is 5.02 Å². The van der Waals surface area contributed by atoms with Gasteiger partial charge in [-0.15, -0.1) is 0 Å². The smallest absolute Gasteiger partial charge is 0.352 e. The molecular weight excluding hydrogens is 281 g/mol. The Morgan fingerprint density at radius 2 is 1.85 bits per heavy atom. The SMILES string of the molecule is O=C(O)c1[nH]c2c(Cl)cccc2c1-c1ccc(F)cc1. The lowest BCUT2D eigenvalue weighted by atomic mass is 10.0. The zero-order valence-corrected chi connectivity index (χ0v) is 10.9. The molecule has 0 atom stereocenters. The van der Waals surface area contributed by atoms with Gasteiger partial charge < -0.3 is 10.1 Å². The van der Waals surface area contributed by atoms with E-state index in [1.54, 1.807) is 30.3 Å². The Morgan fingerprint density at radius 3 is 2.50 bits per heavy atom. The van der Waals surface area contributed by atoms with Crippen molar-refractivity contribution in [3.05, 3.63) is 59.0 Å². The molecular formula is C15H9ClFNO2. The van der Waals surface area contributed by atoms with Gasteiger partial charge in [-0.05, 0) is 23.8 Å². The molecule has 0 aliphatic rings. The Hall–Kier alpha value is -2.33. The molecule has 100 valence electrons. The number of benzene rings is 2. The van der Waals surface area contributed by atoms with E-state index in [-0.39, 0.29) is 11.5 Å². The maximum absolute atomic E-state index is 13.0. The quantitative estimate of drug-likeness (QED) is 0.738. The number of nitrogens with one attached hydrogen (secondary N) is 1. The second kappa shape index (κ2) is 4.65. The lowest BCUT2D eigenvalue weighted by Gasteiger charge is -2.02. The van der Waals surface area contributed by atoms with Crippen LogP contribution in [0.15, 0.2) is 42.5 Å². The normalized spacial score (nSPS) is 10.9. The molecule has 0 fully saturated rings. The van der Waals surface area contributed by atoms with Gasteiger partial charge in [-0.25, -0.2) is 9.18 Å². The molecule has 0 amide bonds. The minimum Gasteiger partial charge on any atom is -0.477 e. The van der Waals surface area contributed by atoms with Crippen LogP contribution < -0.4 is 0 Å². The summed E-state index contributed by atoms with van der Waals surface area (Å²) < 4.78 is 13.0. The number of hydrogen-bond donors (Lipinski definition) is 2. The fraction of sp³-hybridized carbons (Fsp3) is 0. The van der Waals surface area contributed by atoms with E-state index in [1.165, 1.54) is 12.1 Å². The van der Waals surface area contributed by atoms with Gasteiger partial charge in [0.15, 0.2) is 0 Å². The number of aromatic nitrogens is 1. The number of halogens is 2. The summed E-state index contributed by atoms with van der Waals surface area (Å²) in [4.78, 5) is 14.2. The number of para-hydroxylation sites is 1. The second-order valence-corrected chi connectivity index (χ2v) is 4.76. The second-order valence-electron chi connectivity index (χ2n) is 4.35. The van der Waals surface area contributed by atoms with Crippen molar-refractivity contribution in [3.8, 4) is 11.1 Å². The van der Waals surface area contributed by atoms with E-state index < -0.39 is 5.97 Å². The molecule has 0 aliphatic carbocycles. The van der Waals surface area contributed by atoms with Crippen LogP contribution in [0.25, 0.3) is 22.0 Å². The molecule has 1 heterocycles. The number of aromatic amines is 1. The summed E-state index contributed by atoms with van der Waals surface area (Å²) in [6, 6.07) is 10.9. The highest BCUT2D eigenvalue weighted by atomic mass is 35.5. The predicted molar refractivity (Wildman–Crippen MR) is 75.7 cm³/mol. The van der Waals surface area contributed by atoms with Gasteiger partial charge in [-0.2, -0.15) is 0 Å². The standard InChI is InChI=1S/C15H9ClFNO2/c16-11-3-1-2-10-12(8-4-6-9(17)7-5-8)14(15(19)20)18-13(10)11/h1-7,18H,(H,19,20). The number of aromatic carboxylic acids is 1. The highest BCUT2D eigenvalue weighted by molar-refractivity contribution is 6.35. The van der Waals surface area contributed by atoms with Crippen molar-refractivity contribution in [2.45, 2.75) is 0 Å². The van der Waals surface area contributed by atoms with Crippen molar-refractivity contribution in [1.82, 2.24) is 4.98 Å². The first-order chi connectivity index (χ1) is 9.58. The first-order valence-electron chi connectivity index (χ1n) is 5.87. The number of hydrogen-bond acceptors (Lipinski definition) is 1. The number of fused-ring (bicyclic) bond motifs is 1. The van der Waals surface area contributed by atoms with Crippen LogP contribution in [-0.2, 0) is 0 Å². The molecule has 5 heteroatoms. The Bertz CT molecular complexity index is 809. The molecule has 0 saturated carbocycles. The highest BCUT2D eigenvalue weighted by Crippen LogP contribution is 2.35. The summed E-state index contributed by atoms with van der Waals surface area (Å²) in [5.41, 5.74) is 1.73. The van der Waals surface area contributed by atoms with Crippen molar-refractivity contribution in [3.63, 3.8) is 0 Å². The van der Waals surface area contributed by atoms with E-state index in [2.05, 4.69) is 4.98 Å². The van der Waals surface area contributed by atoms with Crippen LogP contribution in [0.5, 0.6) is 0 Å².